The van der Waals surface area contributed by atoms with Gasteiger partial charge in [0.1, 0.15) is 6.10 Å². The Kier molecular flexibility index (Phi) is 4.43. The topological polar surface area (TPSA) is 41.6 Å². The van der Waals surface area contributed by atoms with Crippen LogP contribution in [0.2, 0.25) is 0 Å². The summed E-state index contributed by atoms with van der Waals surface area (Å²) in [6, 6.07) is 5.95. The molecule has 0 aromatic heterocycles. The lowest BCUT2D eigenvalue weighted by molar-refractivity contribution is 0.0593. The summed E-state index contributed by atoms with van der Waals surface area (Å²) in [4.78, 5) is 14.1. The highest BCUT2D eigenvalue weighted by Gasteiger charge is 2.21. The van der Waals surface area contributed by atoms with Crippen LogP contribution < -0.4 is 5.32 Å². The van der Waals surface area contributed by atoms with E-state index in [1.807, 2.05) is 32.0 Å². The number of anilines is 1. The van der Waals surface area contributed by atoms with Gasteiger partial charge in [0, 0.05) is 12.2 Å². The molecule has 0 saturated carbocycles. The first-order valence-corrected chi connectivity index (χ1v) is 6.78. The van der Waals surface area contributed by atoms with E-state index in [-0.39, 0.29) is 12.2 Å². The Bertz CT molecular complexity index is 439. The van der Waals surface area contributed by atoms with Crippen LogP contribution in [0, 0.1) is 13.8 Å². The number of nitrogens with one attached hydrogen (secondary N) is 1. The molecule has 1 aromatic rings. The summed E-state index contributed by atoms with van der Waals surface area (Å²) < 4.78 is 5.48. The molecule has 1 saturated heterocycles. The Morgan fingerprint density at radius 2 is 2.05 bits per heavy atom. The number of para-hydroxylation sites is 1. The van der Waals surface area contributed by atoms with Gasteiger partial charge in [-0.25, -0.2) is 4.79 Å². The highest BCUT2D eigenvalue weighted by atomic mass is 16.6. The molecule has 1 aromatic carbocycles. The predicted molar refractivity (Wildman–Crippen MR) is 76.5 cm³/mol. The van der Waals surface area contributed by atoms with Crippen molar-refractivity contribution in [3.8, 4) is 0 Å². The van der Waals surface area contributed by atoms with Gasteiger partial charge in [0.15, 0.2) is 0 Å². The average molecular weight is 262 g/mol. The van der Waals surface area contributed by atoms with Gasteiger partial charge in [-0.15, -0.1) is 0 Å². The fourth-order valence-corrected chi connectivity index (χ4v) is 2.51. The monoisotopic (exact) mass is 262 g/mol. The molecule has 1 atom stereocenters. The molecule has 1 aliphatic rings. The van der Waals surface area contributed by atoms with Crippen molar-refractivity contribution in [1.29, 1.82) is 0 Å². The van der Waals surface area contributed by atoms with Crippen molar-refractivity contribution in [2.75, 3.05) is 25.5 Å². The van der Waals surface area contributed by atoms with E-state index in [4.69, 9.17) is 4.74 Å². The molecule has 0 aliphatic carbocycles. The SMILES string of the molecule is Cc1cccc(C)c1NC(=O)OC1CCCN(C)C1. The number of hydrogen-bond donors (Lipinski definition) is 1. The minimum atomic E-state index is -0.349. The van der Waals surface area contributed by atoms with Crippen molar-refractivity contribution in [3.63, 3.8) is 0 Å². The van der Waals surface area contributed by atoms with Gasteiger partial charge in [0.2, 0.25) is 0 Å². The summed E-state index contributed by atoms with van der Waals surface area (Å²) in [5.41, 5.74) is 2.96. The zero-order chi connectivity index (χ0) is 13.8. The Labute approximate surface area is 114 Å². The zero-order valence-electron chi connectivity index (χ0n) is 11.9. The summed E-state index contributed by atoms with van der Waals surface area (Å²) in [7, 11) is 2.05. The molecule has 0 bridgehead atoms. The van der Waals surface area contributed by atoms with Gasteiger partial charge in [-0.1, -0.05) is 18.2 Å². The number of likely N-dealkylation sites (N-methyl/N-ethyl adjacent to an activating group) is 1. The Hall–Kier alpha value is -1.55. The van der Waals surface area contributed by atoms with E-state index in [1.54, 1.807) is 0 Å². The summed E-state index contributed by atoms with van der Waals surface area (Å²) in [6.07, 6.45) is 1.68. The molecular weight excluding hydrogens is 240 g/mol. The van der Waals surface area contributed by atoms with Crippen LogP contribution in [0.4, 0.5) is 10.5 Å². The van der Waals surface area contributed by atoms with Crippen molar-refractivity contribution in [3.05, 3.63) is 29.3 Å². The van der Waals surface area contributed by atoms with E-state index in [1.165, 1.54) is 0 Å². The number of nitrogens with zero attached hydrogens (tertiary/aromatic N) is 1. The first-order chi connectivity index (χ1) is 9.06. The lowest BCUT2D eigenvalue weighted by Crippen LogP contribution is -2.38. The molecule has 104 valence electrons. The van der Waals surface area contributed by atoms with E-state index in [0.717, 1.165) is 42.7 Å². The number of likely N-dealkylation sites (tertiary alicyclic amines) is 1. The molecule has 2 rings (SSSR count). The maximum absolute atomic E-state index is 11.9. The summed E-state index contributed by atoms with van der Waals surface area (Å²) >= 11 is 0. The number of amides is 1. The van der Waals surface area contributed by atoms with Crippen LogP contribution >= 0.6 is 0 Å². The third-order valence-corrected chi connectivity index (χ3v) is 3.56. The van der Waals surface area contributed by atoms with Gasteiger partial charge < -0.3 is 9.64 Å². The number of piperidine rings is 1. The number of carbonyl (C=O) groups is 1. The van der Waals surface area contributed by atoms with E-state index in [0.29, 0.717) is 0 Å². The smallest absolute Gasteiger partial charge is 0.411 e. The van der Waals surface area contributed by atoms with Crippen molar-refractivity contribution in [1.82, 2.24) is 4.90 Å². The predicted octanol–water partition coefficient (Wildman–Crippen LogP) is 2.95. The standard InChI is InChI=1S/C15H22N2O2/c1-11-6-4-7-12(2)14(11)16-15(18)19-13-8-5-9-17(3)10-13/h4,6-7,13H,5,8-10H2,1-3H3,(H,16,18). The molecule has 0 spiro atoms. The van der Waals surface area contributed by atoms with Gasteiger partial charge >= 0.3 is 6.09 Å². The van der Waals surface area contributed by atoms with Crippen LogP contribution in [0.1, 0.15) is 24.0 Å². The fraction of sp³-hybridized carbons (Fsp3) is 0.533. The average Bonchev–Trinajstić information content (AvgIpc) is 2.34. The Balaban J connectivity index is 1.94. The first-order valence-electron chi connectivity index (χ1n) is 6.78. The Morgan fingerprint density at radius 3 is 2.68 bits per heavy atom. The second kappa shape index (κ2) is 6.06. The molecule has 1 aliphatic heterocycles. The van der Waals surface area contributed by atoms with Gasteiger partial charge in [0.25, 0.3) is 0 Å². The maximum atomic E-state index is 11.9. The molecule has 1 amide bonds. The zero-order valence-corrected chi connectivity index (χ0v) is 11.9. The number of hydrogen-bond acceptors (Lipinski definition) is 3. The number of aryl methyl sites for hydroxylation is 2. The molecule has 1 fully saturated rings. The lowest BCUT2D eigenvalue weighted by Gasteiger charge is -2.29. The quantitative estimate of drug-likeness (QED) is 0.891. The van der Waals surface area contributed by atoms with Crippen LogP contribution in [-0.4, -0.2) is 37.2 Å². The van der Waals surface area contributed by atoms with Gasteiger partial charge in [-0.3, -0.25) is 5.32 Å². The number of rotatable bonds is 2. The van der Waals surface area contributed by atoms with Crippen LogP contribution in [0.25, 0.3) is 0 Å². The lowest BCUT2D eigenvalue weighted by atomic mass is 10.1. The van der Waals surface area contributed by atoms with E-state index < -0.39 is 0 Å². The van der Waals surface area contributed by atoms with Crippen LogP contribution in [0.5, 0.6) is 0 Å². The summed E-state index contributed by atoms with van der Waals surface area (Å²) in [6.45, 7) is 5.87. The number of ether oxygens (including phenoxy) is 1. The van der Waals surface area contributed by atoms with Crippen molar-refractivity contribution in [2.45, 2.75) is 32.8 Å². The minimum Gasteiger partial charge on any atom is -0.445 e. The molecule has 1 N–H and O–H groups in total. The highest BCUT2D eigenvalue weighted by molar-refractivity contribution is 5.86. The molecule has 4 nitrogen and oxygen atoms in total. The fourth-order valence-electron chi connectivity index (χ4n) is 2.51. The third-order valence-electron chi connectivity index (χ3n) is 3.56. The molecule has 4 heteroatoms. The van der Waals surface area contributed by atoms with Crippen molar-refractivity contribution >= 4 is 11.8 Å². The number of benzene rings is 1. The van der Waals surface area contributed by atoms with Gasteiger partial charge in [0.05, 0.1) is 0 Å². The molecular formula is C15H22N2O2. The second-order valence-electron chi connectivity index (χ2n) is 5.32. The van der Waals surface area contributed by atoms with Crippen LogP contribution in [0.15, 0.2) is 18.2 Å². The van der Waals surface area contributed by atoms with Crippen LogP contribution in [0.3, 0.4) is 0 Å². The molecule has 0 radical (unpaired) electrons. The molecule has 1 heterocycles. The van der Waals surface area contributed by atoms with E-state index in [2.05, 4.69) is 17.3 Å². The maximum Gasteiger partial charge on any atom is 0.411 e. The largest absolute Gasteiger partial charge is 0.445 e. The van der Waals surface area contributed by atoms with Gasteiger partial charge in [-0.2, -0.15) is 0 Å². The third kappa shape index (κ3) is 3.70. The van der Waals surface area contributed by atoms with Crippen LogP contribution in [-0.2, 0) is 4.74 Å². The second-order valence-corrected chi connectivity index (χ2v) is 5.32. The van der Waals surface area contributed by atoms with Gasteiger partial charge in [-0.05, 0) is 51.4 Å². The van der Waals surface area contributed by atoms with Crippen molar-refractivity contribution in [2.24, 2.45) is 0 Å². The minimum absolute atomic E-state index is 0.00285. The summed E-state index contributed by atoms with van der Waals surface area (Å²) in [5, 5.41) is 2.86. The molecule has 1 unspecified atom stereocenters. The normalized spacial score (nSPS) is 20.1. The first kappa shape index (κ1) is 13.9. The summed E-state index contributed by atoms with van der Waals surface area (Å²) in [5.74, 6) is 0. The van der Waals surface area contributed by atoms with E-state index >= 15 is 0 Å². The van der Waals surface area contributed by atoms with E-state index in [9.17, 15) is 4.79 Å². The van der Waals surface area contributed by atoms with Crippen molar-refractivity contribution < 1.29 is 9.53 Å². The number of carbonyl (C=O) groups excluding carboxylic acids is 1. The molecule has 19 heavy (non-hydrogen) atoms. The Morgan fingerprint density at radius 1 is 1.37 bits per heavy atom. The highest BCUT2D eigenvalue weighted by Crippen LogP contribution is 2.20.